The van der Waals surface area contributed by atoms with E-state index in [0.29, 0.717) is 12.4 Å². The molecule has 0 amide bonds. The van der Waals surface area contributed by atoms with Crippen LogP contribution in [0.2, 0.25) is 0 Å². The minimum absolute atomic E-state index is 0.0225. The van der Waals surface area contributed by atoms with Crippen LogP contribution in [0.5, 0.6) is 5.88 Å². The first-order valence-corrected chi connectivity index (χ1v) is 6.32. The highest BCUT2D eigenvalue weighted by atomic mass is 16.6. The number of ether oxygens (including phenoxy) is 1. The molecule has 0 aliphatic carbocycles. The van der Waals surface area contributed by atoms with E-state index in [1.807, 2.05) is 27.7 Å². The van der Waals surface area contributed by atoms with Crippen molar-refractivity contribution in [2.24, 2.45) is 0 Å². The molecule has 1 rings (SSSR count). The average molecular weight is 268 g/mol. The lowest BCUT2D eigenvalue weighted by molar-refractivity contribution is -0.385. The van der Waals surface area contributed by atoms with Crippen LogP contribution in [0.1, 0.15) is 46.4 Å². The minimum Gasteiger partial charge on any atom is -0.473 e. The highest BCUT2D eigenvalue weighted by molar-refractivity contribution is 5.62. The van der Waals surface area contributed by atoms with Crippen molar-refractivity contribution in [3.05, 3.63) is 15.9 Å². The highest BCUT2D eigenvalue weighted by Crippen LogP contribution is 2.33. The molecule has 7 heteroatoms. The van der Waals surface area contributed by atoms with Gasteiger partial charge in [-0.25, -0.2) is 4.98 Å². The fourth-order valence-corrected chi connectivity index (χ4v) is 1.48. The van der Waals surface area contributed by atoms with E-state index in [2.05, 4.69) is 15.3 Å². The van der Waals surface area contributed by atoms with Crippen LogP contribution in [0.25, 0.3) is 0 Å². The van der Waals surface area contributed by atoms with E-state index < -0.39 is 4.92 Å². The smallest absolute Gasteiger partial charge is 0.372 e. The van der Waals surface area contributed by atoms with Crippen molar-refractivity contribution in [3.8, 4) is 5.88 Å². The largest absolute Gasteiger partial charge is 0.473 e. The Balaban J connectivity index is 3.41. The summed E-state index contributed by atoms with van der Waals surface area (Å²) < 4.78 is 5.28. The van der Waals surface area contributed by atoms with Gasteiger partial charge in [0.05, 0.1) is 11.5 Å². The normalized spacial score (nSPS) is 10.9. The number of nitro groups is 1. The summed E-state index contributed by atoms with van der Waals surface area (Å²) in [6.45, 7) is 9.71. The van der Waals surface area contributed by atoms with Crippen molar-refractivity contribution >= 4 is 11.5 Å². The van der Waals surface area contributed by atoms with Gasteiger partial charge in [-0.2, -0.15) is 4.98 Å². The van der Waals surface area contributed by atoms with Crippen molar-refractivity contribution < 1.29 is 9.66 Å². The Kier molecular flexibility index (Phi) is 5.02. The second kappa shape index (κ2) is 6.31. The van der Waals surface area contributed by atoms with Gasteiger partial charge in [-0.05, 0) is 20.8 Å². The molecule has 0 radical (unpaired) electrons. The molecule has 1 N–H and O–H groups in total. The predicted molar refractivity (Wildman–Crippen MR) is 72.7 cm³/mol. The quantitative estimate of drug-likeness (QED) is 0.630. The van der Waals surface area contributed by atoms with Crippen molar-refractivity contribution in [1.82, 2.24) is 9.97 Å². The van der Waals surface area contributed by atoms with Crippen molar-refractivity contribution in [2.45, 2.75) is 46.6 Å². The van der Waals surface area contributed by atoms with Crippen molar-refractivity contribution in [2.75, 3.05) is 11.9 Å². The number of hydrogen-bond donors (Lipinski definition) is 1. The maximum atomic E-state index is 11.2. The van der Waals surface area contributed by atoms with E-state index in [1.54, 1.807) is 6.92 Å². The average Bonchev–Trinajstić information content (AvgIpc) is 2.27. The zero-order valence-corrected chi connectivity index (χ0v) is 11.9. The number of aromatic nitrogens is 2. The maximum absolute atomic E-state index is 11.2. The molecule has 106 valence electrons. The monoisotopic (exact) mass is 268 g/mol. The number of nitrogens with one attached hydrogen (secondary N) is 1. The topological polar surface area (TPSA) is 90.2 Å². The molecular weight excluding hydrogens is 248 g/mol. The first-order valence-electron chi connectivity index (χ1n) is 6.32. The van der Waals surface area contributed by atoms with Crippen LogP contribution < -0.4 is 10.1 Å². The predicted octanol–water partition coefficient (Wildman–Crippen LogP) is 2.73. The molecule has 0 fully saturated rings. The molecule has 0 spiro atoms. The molecule has 0 aliphatic heterocycles. The SMILES string of the molecule is CCOc1nc(C(C)C)nc(NC(C)C)c1[N+](=O)[O-]. The summed E-state index contributed by atoms with van der Waals surface area (Å²) in [5.41, 5.74) is -0.208. The summed E-state index contributed by atoms with van der Waals surface area (Å²) in [6.07, 6.45) is 0. The van der Waals surface area contributed by atoms with Crippen LogP contribution >= 0.6 is 0 Å². The molecule has 1 aromatic heterocycles. The molecule has 19 heavy (non-hydrogen) atoms. The zero-order chi connectivity index (χ0) is 14.6. The van der Waals surface area contributed by atoms with E-state index in [4.69, 9.17) is 4.74 Å². The van der Waals surface area contributed by atoms with Gasteiger partial charge < -0.3 is 10.1 Å². The molecule has 0 bridgehead atoms. The van der Waals surface area contributed by atoms with Crippen LogP contribution in [-0.2, 0) is 0 Å². The summed E-state index contributed by atoms with van der Waals surface area (Å²) >= 11 is 0. The van der Waals surface area contributed by atoms with Crippen LogP contribution in [0.3, 0.4) is 0 Å². The molecular formula is C12H20N4O3. The Morgan fingerprint density at radius 3 is 2.37 bits per heavy atom. The summed E-state index contributed by atoms with van der Waals surface area (Å²) in [5, 5.41) is 14.2. The van der Waals surface area contributed by atoms with Gasteiger partial charge in [0.15, 0.2) is 0 Å². The third-order valence-electron chi connectivity index (χ3n) is 2.27. The Hall–Kier alpha value is -1.92. The van der Waals surface area contributed by atoms with Gasteiger partial charge in [-0.1, -0.05) is 13.8 Å². The highest BCUT2D eigenvalue weighted by Gasteiger charge is 2.27. The summed E-state index contributed by atoms with van der Waals surface area (Å²) in [7, 11) is 0. The van der Waals surface area contributed by atoms with Gasteiger partial charge in [0, 0.05) is 12.0 Å². The van der Waals surface area contributed by atoms with E-state index in [9.17, 15) is 10.1 Å². The van der Waals surface area contributed by atoms with E-state index in [0.717, 1.165) is 0 Å². The second-order valence-electron chi connectivity index (χ2n) is 4.73. The molecule has 0 saturated heterocycles. The Morgan fingerprint density at radius 2 is 1.95 bits per heavy atom. The van der Waals surface area contributed by atoms with E-state index in [1.165, 1.54) is 0 Å². The molecule has 0 saturated carbocycles. The van der Waals surface area contributed by atoms with Gasteiger partial charge in [-0.3, -0.25) is 10.1 Å². The lowest BCUT2D eigenvalue weighted by Gasteiger charge is -2.14. The third kappa shape index (κ3) is 3.77. The number of nitrogens with zero attached hydrogens (tertiary/aromatic N) is 3. The Morgan fingerprint density at radius 1 is 1.32 bits per heavy atom. The van der Waals surface area contributed by atoms with E-state index in [-0.39, 0.29) is 29.3 Å². The molecule has 7 nitrogen and oxygen atoms in total. The molecule has 0 aromatic carbocycles. The van der Waals surface area contributed by atoms with Crippen molar-refractivity contribution in [1.29, 1.82) is 0 Å². The molecule has 0 aliphatic rings. The third-order valence-corrected chi connectivity index (χ3v) is 2.27. The summed E-state index contributed by atoms with van der Waals surface area (Å²) in [4.78, 5) is 19.0. The van der Waals surface area contributed by atoms with Gasteiger partial charge in [0.2, 0.25) is 5.82 Å². The van der Waals surface area contributed by atoms with Crippen molar-refractivity contribution in [3.63, 3.8) is 0 Å². The Labute approximate surface area is 112 Å². The Bertz CT molecular complexity index is 461. The van der Waals surface area contributed by atoms with Gasteiger partial charge in [-0.15, -0.1) is 0 Å². The van der Waals surface area contributed by atoms with E-state index >= 15 is 0 Å². The minimum atomic E-state index is -0.514. The number of anilines is 1. The fourth-order valence-electron chi connectivity index (χ4n) is 1.48. The summed E-state index contributed by atoms with van der Waals surface area (Å²) in [6, 6.07) is 0.0306. The number of rotatable bonds is 6. The van der Waals surface area contributed by atoms with Gasteiger partial charge >= 0.3 is 5.69 Å². The first-order chi connectivity index (χ1) is 8.86. The molecule has 1 aromatic rings. The summed E-state index contributed by atoms with van der Waals surface area (Å²) in [5.74, 6) is 0.821. The van der Waals surface area contributed by atoms with Gasteiger partial charge in [0.25, 0.3) is 5.88 Å². The molecule has 0 atom stereocenters. The lowest BCUT2D eigenvalue weighted by atomic mass is 10.2. The van der Waals surface area contributed by atoms with Crippen LogP contribution in [-0.4, -0.2) is 27.5 Å². The molecule has 0 unspecified atom stereocenters. The zero-order valence-electron chi connectivity index (χ0n) is 11.9. The first kappa shape index (κ1) is 15.1. The number of hydrogen-bond acceptors (Lipinski definition) is 6. The van der Waals surface area contributed by atoms with Gasteiger partial charge in [0.1, 0.15) is 5.82 Å². The lowest BCUT2D eigenvalue weighted by Crippen LogP contribution is -2.16. The molecule has 1 heterocycles. The van der Waals surface area contributed by atoms with Crippen LogP contribution in [0, 0.1) is 10.1 Å². The second-order valence-corrected chi connectivity index (χ2v) is 4.73. The fraction of sp³-hybridized carbons (Fsp3) is 0.667. The standard InChI is InChI=1S/C12H20N4O3/c1-6-19-12-9(16(17)18)11(13-8(4)5)14-10(15-12)7(2)3/h7-8H,6H2,1-5H3,(H,13,14,15). The van der Waals surface area contributed by atoms with Crippen LogP contribution in [0.4, 0.5) is 11.5 Å². The maximum Gasteiger partial charge on any atom is 0.372 e. The van der Waals surface area contributed by atoms with Crippen LogP contribution in [0.15, 0.2) is 0 Å².